The fraction of sp³-hybridized carbons (Fsp3) is 0.261. The van der Waals surface area contributed by atoms with E-state index in [9.17, 15) is 18.5 Å². The first-order chi connectivity index (χ1) is 15.9. The lowest BCUT2D eigenvalue weighted by Crippen LogP contribution is -2.26. The summed E-state index contributed by atoms with van der Waals surface area (Å²) in [7, 11) is -3.25. The van der Waals surface area contributed by atoms with Gasteiger partial charge in [0, 0.05) is 18.7 Å². The van der Waals surface area contributed by atoms with Crippen LogP contribution in [-0.4, -0.2) is 42.9 Å². The molecular weight excluding hydrogens is 440 g/mol. The number of hydrogen-bond donors (Lipinski definition) is 2. The van der Waals surface area contributed by atoms with Crippen LogP contribution in [0.2, 0.25) is 0 Å². The maximum atomic E-state index is 12.4. The Morgan fingerprint density at radius 1 is 1.12 bits per heavy atom. The second kappa shape index (κ2) is 9.34. The van der Waals surface area contributed by atoms with Crippen LogP contribution in [-0.2, 0) is 16.4 Å². The fourth-order valence-corrected chi connectivity index (χ4v) is 5.37. The summed E-state index contributed by atoms with van der Waals surface area (Å²) in [6.45, 7) is 0.854. The first kappa shape index (κ1) is 22.4. The van der Waals surface area contributed by atoms with E-state index in [0.717, 1.165) is 5.69 Å². The van der Waals surface area contributed by atoms with Gasteiger partial charge in [0.25, 0.3) is 5.91 Å². The molecule has 0 saturated carbocycles. The summed E-state index contributed by atoms with van der Waals surface area (Å²) in [4.78, 5) is 12.4. The maximum Gasteiger partial charge on any atom is 0.251 e. The zero-order valence-corrected chi connectivity index (χ0v) is 18.8. The second-order valence-corrected chi connectivity index (χ2v) is 9.73. The lowest BCUT2D eigenvalue weighted by molar-refractivity contribution is 0.0953. The predicted molar refractivity (Wildman–Crippen MR) is 126 cm³/mol. The number of aromatic nitrogens is 2. The number of anilines is 2. The molecule has 3 aromatic rings. The third-order valence-electron chi connectivity index (χ3n) is 5.50. The second-order valence-electron chi connectivity index (χ2n) is 7.71. The molecule has 1 amide bonds. The molecule has 1 aromatic heterocycles. The number of benzene rings is 2. The van der Waals surface area contributed by atoms with Crippen LogP contribution in [0.5, 0.6) is 0 Å². The number of nitrogen functional groups attached to an aromatic ring is 1. The number of carbonyl (C=O) groups is 1. The van der Waals surface area contributed by atoms with E-state index in [0.29, 0.717) is 60.7 Å². The molecule has 10 heteroatoms. The van der Waals surface area contributed by atoms with Crippen molar-refractivity contribution in [2.45, 2.75) is 19.3 Å². The minimum atomic E-state index is -3.25. The van der Waals surface area contributed by atoms with Crippen molar-refractivity contribution in [3.05, 3.63) is 71.4 Å². The number of aryl methyl sites for hydroxylation is 1. The van der Waals surface area contributed by atoms with E-state index in [-0.39, 0.29) is 11.7 Å². The molecular formula is C23H24N6O3S. The average Bonchev–Trinajstić information content (AvgIpc) is 3.35. The topological polar surface area (TPSA) is 134 Å². The normalized spacial score (nSPS) is 14.7. The molecule has 1 aliphatic rings. The summed E-state index contributed by atoms with van der Waals surface area (Å²) in [5, 5.41) is 16.8. The van der Waals surface area contributed by atoms with Gasteiger partial charge in [-0.3, -0.25) is 9.10 Å². The molecule has 4 rings (SSSR count). The predicted octanol–water partition coefficient (Wildman–Crippen LogP) is 2.23. The molecule has 0 spiro atoms. The van der Waals surface area contributed by atoms with Crippen LogP contribution in [0, 0.1) is 11.3 Å². The van der Waals surface area contributed by atoms with E-state index in [1.54, 1.807) is 28.9 Å². The quantitative estimate of drug-likeness (QED) is 0.515. The summed E-state index contributed by atoms with van der Waals surface area (Å²) < 4.78 is 27.0. The van der Waals surface area contributed by atoms with Crippen LogP contribution < -0.4 is 15.4 Å². The van der Waals surface area contributed by atoms with Crippen molar-refractivity contribution in [3.63, 3.8) is 0 Å². The largest absolute Gasteiger partial charge is 0.382 e. The summed E-state index contributed by atoms with van der Waals surface area (Å²) in [6.07, 6.45) is 1.67. The summed E-state index contributed by atoms with van der Waals surface area (Å²) in [6, 6.07) is 18.0. The van der Waals surface area contributed by atoms with Gasteiger partial charge in [0.05, 0.1) is 22.8 Å². The Balaban J connectivity index is 1.34. The molecule has 0 bridgehead atoms. The Hall–Kier alpha value is -3.84. The first-order valence-electron chi connectivity index (χ1n) is 10.6. The first-order valence-corrected chi connectivity index (χ1v) is 12.2. The Labute approximate surface area is 192 Å². The van der Waals surface area contributed by atoms with Crippen LogP contribution in [0.4, 0.5) is 11.5 Å². The van der Waals surface area contributed by atoms with E-state index >= 15 is 0 Å². The van der Waals surface area contributed by atoms with Gasteiger partial charge < -0.3 is 11.1 Å². The Morgan fingerprint density at radius 3 is 2.48 bits per heavy atom. The SMILES string of the molecule is N#Cc1c(CCCNC(=O)c2ccc(N3CCCS3(=O)=O)cc2)nn(-c2ccccc2)c1N. The van der Waals surface area contributed by atoms with Gasteiger partial charge in [0.2, 0.25) is 10.0 Å². The molecule has 3 N–H and O–H groups in total. The van der Waals surface area contributed by atoms with Crippen molar-refractivity contribution in [1.29, 1.82) is 5.26 Å². The van der Waals surface area contributed by atoms with Gasteiger partial charge in [-0.15, -0.1) is 0 Å². The van der Waals surface area contributed by atoms with Crippen LogP contribution in [0.15, 0.2) is 54.6 Å². The van der Waals surface area contributed by atoms with Crippen molar-refractivity contribution >= 4 is 27.4 Å². The molecule has 9 nitrogen and oxygen atoms in total. The molecule has 2 aromatic carbocycles. The Morgan fingerprint density at radius 2 is 1.85 bits per heavy atom. The van der Waals surface area contributed by atoms with E-state index in [1.807, 2.05) is 30.3 Å². The van der Waals surface area contributed by atoms with E-state index in [1.165, 1.54) is 4.31 Å². The number of sulfonamides is 1. The highest BCUT2D eigenvalue weighted by Crippen LogP contribution is 2.24. The molecule has 0 radical (unpaired) electrons. The van der Waals surface area contributed by atoms with Crippen LogP contribution in [0.3, 0.4) is 0 Å². The molecule has 170 valence electrons. The van der Waals surface area contributed by atoms with Crippen LogP contribution >= 0.6 is 0 Å². The Bertz CT molecular complexity index is 1290. The lowest BCUT2D eigenvalue weighted by atomic mass is 10.1. The molecule has 0 aliphatic carbocycles. The van der Waals surface area contributed by atoms with Crippen molar-refractivity contribution < 1.29 is 13.2 Å². The molecule has 0 atom stereocenters. The highest BCUT2D eigenvalue weighted by Gasteiger charge is 2.28. The number of nitrogens with zero attached hydrogens (tertiary/aromatic N) is 4. The molecule has 1 aliphatic heterocycles. The van der Waals surface area contributed by atoms with Gasteiger partial charge in [-0.2, -0.15) is 10.4 Å². The maximum absolute atomic E-state index is 12.4. The van der Waals surface area contributed by atoms with Gasteiger partial charge in [-0.1, -0.05) is 18.2 Å². The standard InChI is InChI=1S/C23H24N6O3S/c24-16-20-21(27-29(22(20)25)19-6-2-1-3-7-19)8-4-13-26-23(30)17-9-11-18(12-10-17)28-14-5-15-33(28,31)32/h1-3,6-7,9-12H,4-5,8,13-15,25H2,(H,26,30). The third-order valence-corrected chi connectivity index (χ3v) is 7.37. The summed E-state index contributed by atoms with van der Waals surface area (Å²) in [5.74, 6) is 0.196. The molecule has 1 fully saturated rings. The number of amides is 1. The van der Waals surface area contributed by atoms with Crippen molar-refractivity contribution in [1.82, 2.24) is 15.1 Å². The minimum absolute atomic E-state index is 0.151. The van der Waals surface area contributed by atoms with Crippen molar-refractivity contribution in [2.75, 3.05) is 28.9 Å². The highest BCUT2D eigenvalue weighted by atomic mass is 32.2. The van der Waals surface area contributed by atoms with E-state index < -0.39 is 10.0 Å². The number of para-hydroxylation sites is 1. The summed E-state index contributed by atoms with van der Waals surface area (Å²) >= 11 is 0. The molecule has 2 heterocycles. The number of nitriles is 1. The monoisotopic (exact) mass is 464 g/mol. The number of carbonyl (C=O) groups excluding carboxylic acids is 1. The van der Waals surface area contributed by atoms with Gasteiger partial charge >= 0.3 is 0 Å². The van der Waals surface area contributed by atoms with Gasteiger partial charge in [0.15, 0.2) is 0 Å². The average molecular weight is 465 g/mol. The fourth-order valence-electron chi connectivity index (χ4n) is 3.81. The van der Waals surface area contributed by atoms with Crippen molar-refractivity contribution in [2.24, 2.45) is 0 Å². The van der Waals surface area contributed by atoms with Crippen LogP contribution in [0.1, 0.15) is 34.5 Å². The zero-order chi connectivity index (χ0) is 23.4. The number of rotatable bonds is 7. The van der Waals surface area contributed by atoms with E-state index in [2.05, 4.69) is 16.5 Å². The Kier molecular flexibility index (Phi) is 6.33. The summed E-state index contributed by atoms with van der Waals surface area (Å²) in [5.41, 5.74) is 8.84. The van der Waals surface area contributed by atoms with Gasteiger partial charge in [-0.25, -0.2) is 13.1 Å². The third kappa shape index (κ3) is 4.68. The van der Waals surface area contributed by atoms with Gasteiger partial charge in [0.1, 0.15) is 17.5 Å². The minimum Gasteiger partial charge on any atom is -0.382 e. The van der Waals surface area contributed by atoms with Crippen molar-refractivity contribution in [3.8, 4) is 11.8 Å². The molecule has 0 unspecified atom stereocenters. The molecule has 33 heavy (non-hydrogen) atoms. The lowest BCUT2D eigenvalue weighted by Gasteiger charge is -2.17. The van der Waals surface area contributed by atoms with Gasteiger partial charge in [-0.05, 0) is 55.7 Å². The smallest absolute Gasteiger partial charge is 0.251 e. The van der Waals surface area contributed by atoms with E-state index in [4.69, 9.17) is 5.73 Å². The number of nitrogens with one attached hydrogen (secondary N) is 1. The highest BCUT2D eigenvalue weighted by molar-refractivity contribution is 7.93. The number of hydrogen-bond acceptors (Lipinski definition) is 6. The van der Waals surface area contributed by atoms with Crippen LogP contribution in [0.25, 0.3) is 5.69 Å². The molecule has 1 saturated heterocycles. The zero-order valence-electron chi connectivity index (χ0n) is 17.9. The number of nitrogens with two attached hydrogens (primary N) is 1.